The second kappa shape index (κ2) is 9.30. The molecule has 1 aromatic carbocycles. The molecule has 0 bridgehead atoms. The van der Waals surface area contributed by atoms with E-state index in [-0.39, 0.29) is 18.0 Å². The van der Waals surface area contributed by atoms with Gasteiger partial charge in [0.25, 0.3) is 0 Å². The molecule has 0 unspecified atom stereocenters. The van der Waals surface area contributed by atoms with Gasteiger partial charge in [0, 0.05) is 11.6 Å². The van der Waals surface area contributed by atoms with Gasteiger partial charge in [0.1, 0.15) is 6.04 Å². The lowest BCUT2D eigenvalue weighted by atomic mass is 10.1. The third-order valence-corrected chi connectivity index (χ3v) is 3.53. The fourth-order valence-corrected chi connectivity index (χ4v) is 2.11. The van der Waals surface area contributed by atoms with Gasteiger partial charge in [-0.25, -0.2) is 4.79 Å². The fraction of sp³-hybridized carbons (Fsp3) is 0.500. The number of halogens is 1. The first-order valence-corrected chi connectivity index (χ1v) is 7.95. The van der Waals surface area contributed by atoms with Crippen LogP contribution in [0.2, 0.25) is 5.02 Å². The topological polar surface area (TPSA) is 70.2 Å². The lowest BCUT2D eigenvalue weighted by Gasteiger charge is -2.20. The molecule has 3 amide bonds. The van der Waals surface area contributed by atoms with Crippen LogP contribution in [0.4, 0.5) is 4.79 Å². The van der Waals surface area contributed by atoms with Crippen LogP contribution in [0.15, 0.2) is 24.3 Å². The van der Waals surface area contributed by atoms with E-state index in [2.05, 4.69) is 16.0 Å². The average Bonchev–Trinajstić information content (AvgIpc) is 2.51. The van der Waals surface area contributed by atoms with Gasteiger partial charge < -0.3 is 16.0 Å². The summed E-state index contributed by atoms with van der Waals surface area (Å²) >= 11 is 5.87. The van der Waals surface area contributed by atoms with Crippen LogP contribution in [0.1, 0.15) is 45.2 Å². The molecule has 0 aliphatic rings. The van der Waals surface area contributed by atoms with Crippen molar-refractivity contribution in [1.82, 2.24) is 16.0 Å². The van der Waals surface area contributed by atoms with Crippen molar-refractivity contribution >= 4 is 23.5 Å². The largest absolute Gasteiger partial charge is 0.354 e. The molecule has 0 aliphatic heterocycles. The molecule has 2 atom stereocenters. The van der Waals surface area contributed by atoms with E-state index in [9.17, 15) is 9.59 Å². The summed E-state index contributed by atoms with van der Waals surface area (Å²) in [5, 5.41) is 8.92. The Balaban J connectivity index is 2.54. The van der Waals surface area contributed by atoms with Gasteiger partial charge in [-0.2, -0.15) is 0 Å². The zero-order chi connectivity index (χ0) is 16.5. The Hall–Kier alpha value is -1.75. The zero-order valence-electron chi connectivity index (χ0n) is 13.3. The van der Waals surface area contributed by atoms with Gasteiger partial charge in [0.05, 0.1) is 6.04 Å². The number of carbonyl (C=O) groups excluding carboxylic acids is 2. The molecule has 22 heavy (non-hydrogen) atoms. The fourth-order valence-electron chi connectivity index (χ4n) is 1.98. The predicted molar refractivity (Wildman–Crippen MR) is 88.9 cm³/mol. The Bertz CT molecular complexity index is 491. The summed E-state index contributed by atoms with van der Waals surface area (Å²) in [4.78, 5) is 23.7. The molecule has 0 saturated carbocycles. The minimum absolute atomic E-state index is 0.122. The monoisotopic (exact) mass is 325 g/mol. The van der Waals surface area contributed by atoms with Crippen molar-refractivity contribution in [2.75, 3.05) is 6.54 Å². The number of hydrogen-bond donors (Lipinski definition) is 3. The van der Waals surface area contributed by atoms with Crippen LogP contribution in [0, 0.1) is 0 Å². The first-order valence-electron chi connectivity index (χ1n) is 7.58. The van der Waals surface area contributed by atoms with E-state index in [1.807, 2.05) is 26.0 Å². The van der Waals surface area contributed by atoms with Crippen molar-refractivity contribution < 1.29 is 9.59 Å². The lowest BCUT2D eigenvalue weighted by Crippen LogP contribution is -2.49. The van der Waals surface area contributed by atoms with Gasteiger partial charge in [-0.3, -0.25) is 4.79 Å². The molecule has 6 heteroatoms. The molecule has 5 nitrogen and oxygen atoms in total. The summed E-state index contributed by atoms with van der Waals surface area (Å²) in [5.74, 6) is -0.184. The van der Waals surface area contributed by atoms with Crippen LogP contribution >= 0.6 is 11.6 Å². The third kappa shape index (κ3) is 5.93. The van der Waals surface area contributed by atoms with Crippen LogP contribution in [-0.2, 0) is 4.79 Å². The summed E-state index contributed by atoms with van der Waals surface area (Å²) in [6.07, 6.45) is 1.60. The molecule has 1 aromatic rings. The highest BCUT2D eigenvalue weighted by Crippen LogP contribution is 2.18. The van der Waals surface area contributed by atoms with Gasteiger partial charge in [0.2, 0.25) is 5.91 Å². The van der Waals surface area contributed by atoms with E-state index < -0.39 is 6.04 Å². The Morgan fingerprint density at radius 2 is 1.77 bits per heavy atom. The molecule has 3 N–H and O–H groups in total. The number of hydrogen-bond acceptors (Lipinski definition) is 2. The molecule has 1 rings (SSSR count). The minimum atomic E-state index is -0.575. The number of amides is 3. The van der Waals surface area contributed by atoms with Crippen molar-refractivity contribution in [3.63, 3.8) is 0 Å². The SMILES string of the molecule is CCCNC(=O)[C@H](C)NC(=O)N[C@H](CC)c1ccc(Cl)cc1. The molecular weight excluding hydrogens is 302 g/mol. The van der Waals surface area contributed by atoms with E-state index >= 15 is 0 Å². The maximum Gasteiger partial charge on any atom is 0.315 e. The standard InChI is InChI=1S/C16H24ClN3O2/c1-4-10-18-15(21)11(3)19-16(22)20-14(5-2)12-6-8-13(17)9-7-12/h6-9,11,14H,4-5,10H2,1-3H3,(H,18,21)(H2,19,20,22)/t11-,14+/m0/s1. The van der Waals surface area contributed by atoms with Crippen molar-refractivity contribution in [2.24, 2.45) is 0 Å². The second-order valence-corrected chi connectivity index (χ2v) is 5.58. The molecule has 0 radical (unpaired) electrons. The minimum Gasteiger partial charge on any atom is -0.354 e. The van der Waals surface area contributed by atoms with Gasteiger partial charge in [0.15, 0.2) is 0 Å². The molecule has 0 fully saturated rings. The lowest BCUT2D eigenvalue weighted by molar-refractivity contribution is -0.122. The Kier molecular flexibility index (Phi) is 7.74. The summed E-state index contributed by atoms with van der Waals surface area (Å²) in [6.45, 7) is 6.22. The van der Waals surface area contributed by atoms with E-state index in [1.165, 1.54) is 0 Å². The highest BCUT2D eigenvalue weighted by molar-refractivity contribution is 6.30. The first-order chi connectivity index (χ1) is 10.5. The number of nitrogens with one attached hydrogen (secondary N) is 3. The number of rotatable bonds is 7. The zero-order valence-corrected chi connectivity index (χ0v) is 14.0. The Morgan fingerprint density at radius 1 is 1.14 bits per heavy atom. The van der Waals surface area contributed by atoms with Crippen molar-refractivity contribution in [3.05, 3.63) is 34.9 Å². The predicted octanol–water partition coefficient (Wildman–Crippen LogP) is 3.01. The van der Waals surface area contributed by atoms with Crippen LogP contribution in [-0.4, -0.2) is 24.5 Å². The van der Waals surface area contributed by atoms with Crippen LogP contribution in [0.5, 0.6) is 0 Å². The summed E-state index contributed by atoms with van der Waals surface area (Å²) < 4.78 is 0. The quantitative estimate of drug-likeness (QED) is 0.721. The Labute approximate surface area is 136 Å². The molecule has 0 aliphatic carbocycles. The second-order valence-electron chi connectivity index (χ2n) is 5.14. The molecule has 0 saturated heterocycles. The summed E-state index contributed by atoms with van der Waals surface area (Å²) in [5.41, 5.74) is 0.977. The van der Waals surface area contributed by atoms with E-state index in [0.717, 1.165) is 18.4 Å². The molecule has 0 heterocycles. The molecule has 0 spiro atoms. The van der Waals surface area contributed by atoms with Crippen LogP contribution in [0.25, 0.3) is 0 Å². The van der Waals surface area contributed by atoms with Crippen LogP contribution < -0.4 is 16.0 Å². The van der Waals surface area contributed by atoms with E-state index in [1.54, 1.807) is 19.1 Å². The van der Waals surface area contributed by atoms with Crippen molar-refractivity contribution in [2.45, 2.75) is 45.7 Å². The van der Waals surface area contributed by atoms with Crippen molar-refractivity contribution in [1.29, 1.82) is 0 Å². The van der Waals surface area contributed by atoms with E-state index in [4.69, 9.17) is 11.6 Å². The van der Waals surface area contributed by atoms with Gasteiger partial charge in [-0.05, 0) is 37.5 Å². The average molecular weight is 326 g/mol. The van der Waals surface area contributed by atoms with E-state index in [0.29, 0.717) is 11.6 Å². The normalized spacial score (nSPS) is 13.1. The highest BCUT2D eigenvalue weighted by atomic mass is 35.5. The maximum atomic E-state index is 12.0. The molecule has 122 valence electrons. The number of benzene rings is 1. The van der Waals surface area contributed by atoms with Crippen molar-refractivity contribution in [3.8, 4) is 0 Å². The van der Waals surface area contributed by atoms with Gasteiger partial charge in [-0.1, -0.05) is 37.6 Å². The number of urea groups is 1. The van der Waals surface area contributed by atoms with Gasteiger partial charge in [-0.15, -0.1) is 0 Å². The first kappa shape index (κ1) is 18.3. The maximum absolute atomic E-state index is 12.0. The number of carbonyl (C=O) groups is 2. The molecular formula is C16H24ClN3O2. The highest BCUT2D eigenvalue weighted by Gasteiger charge is 2.17. The summed E-state index contributed by atoms with van der Waals surface area (Å²) in [7, 11) is 0. The van der Waals surface area contributed by atoms with Gasteiger partial charge >= 0.3 is 6.03 Å². The Morgan fingerprint density at radius 3 is 2.32 bits per heavy atom. The smallest absolute Gasteiger partial charge is 0.315 e. The molecule has 0 aromatic heterocycles. The third-order valence-electron chi connectivity index (χ3n) is 3.28. The summed E-state index contributed by atoms with van der Waals surface area (Å²) in [6, 6.07) is 6.29. The van der Waals surface area contributed by atoms with Crippen LogP contribution in [0.3, 0.4) is 0 Å².